The normalized spacial score (nSPS) is 36.3. The highest BCUT2D eigenvalue weighted by molar-refractivity contribution is 5.80. The van der Waals surface area contributed by atoms with Crippen LogP contribution in [0.3, 0.4) is 0 Å². The topological polar surface area (TPSA) is 21.6 Å². The maximum atomic E-state index is 5.23. The molecule has 0 aromatic heterocycles. The Labute approximate surface area is 67.7 Å². The van der Waals surface area contributed by atoms with Crippen LogP contribution < -0.4 is 0 Å². The highest BCUT2D eigenvalue weighted by Gasteiger charge is 2.33. The molecular weight excluding hydrogens is 138 g/mol. The molecule has 2 rings (SSSR count). The summed E-state index contributed by atoms with van der Waals surface area (Å²) in [6.07, 6.45) is 5.43. The van der Waals surface area contributed by atoms with Gasteiger partial charge in [0.25, 0.3) is 0 Å². The van der Waals surface area contributed by atoms with Crippen LogP contribution in [0.15, 0.2) is 4.99 Å². The van der Waals surface area contributed by atoms with E-state index in [2.05, 4.69) is 4.99 Å². The Balaban J connectivity index is 2.05. The maximum Gasteiger partial charge on any atom is 0.186 e. The van der Waals surface area contributed by atoms with E-state index in [1.165, 1.54) is 25.7 Å². The Bertz CT molecular complexity index is 176. The van der Waals surface area contributed by atoms with Crippen molar-refractivity contribution in [3.63, 3.8) is 0 Å². The minimum Gasteiger partial charge on any atom is -0.484 e. The molecule has 1 saturated carbocycles. The summed E-state index contributed by atoms with van der Waals surface area (Å²) in [5.74, 6) is 2.52. The van der Waals surface area contributed by atoms with Crippen molar-refractivity contribution in [1.82, 2.24) is 0 Å². The molecule has 0 spiro atoms. The summed E-state index contributed by atoms with van der Waals surface area (Å²) in [7, 11) is 1.75. The second-order valence-corrected chi connectivity index (χ2v) is 3.53. The average Bonchev–Trinajstić information content (AvgIpc) is 2.47. The van der Waals surface area contributed by atoms with Gasteiger partial charge in [0.15, 0.2) is 5.90 Å². The third-order valence-corrected chi connectivity index (χ3v) is 2.92. The van der Waals surface area contributed by atoms with Gasteiger partial charge < -0.3 is 4.74 Å². The van der Waals surface area contributed by atoms with Gasteiger partial charge in [0, 0.05) is 12.5 Å². The number of nitrogens with zero attached hydrogens (tertiary/aromatic N) is 1. The Kier molecular flexibility index (Phi) is 1.84. The fourth-order valence-electron chi connectivity index (χ4n) is 2.29. The van der Waals surface area contributed by atoms with Crippen LogP contribution in [0.5, 0.6) is 0 Å². The quantitative estimate of drug-likeness (QED) is 0.520. The third-order valence-electron chi connectivity index (χ3n) is 2.92. The van der Waals surface area contributed by atoms with E-state index in [1.54, 1.807) is 7.11 Å². The Morgan fingerprint density at radius 3 is 3.00 bits per heavy atom. The van der Waals surface area contributed by atoms with Crippen molar-refractivity contribution < 1.29 is 4.74 Å². The molecule has 0 radical (unpaired) electrons. The molecule has 1 aliphatic carbocycles. The number of ether oxygens (including phenoxy) is 1. The smallest absolute Gasteiger partial charge is 0.186 e. The van der Waals surface area contributed by atoms with E-state index < -0.39 is 0 Å². The minimum absolute atomic E-state index is 0.675. The number of rotatable bonds is 0. The van der Waals surface area contributed by atoms with E-state index in [0.29, 0.717) is 5.92 Å². The predicted molar refractivity (Wildman–Crippen MR) is 44.8 cm³/mol. The summed E-state index contributed by atoms with van der Waals surface area (Å²) in [4.78, 5) is 4.39. The summed E-state index contributed by atoms with van der Waals surface area (Å²) in [6.45, 7) is 1.02. The third kappa shape index (κ3) is 1.15. The van der Waals surface area contributed by atoms with Crippen molar-refractivity contribution in [3.05, 3.63) is 0 Å². The molecule has 2 nitrogen and oxygen atoms in total. The van der Waals surface area contributed by atoms with Gasteiger partial charge in [-0.15, -0.1) is 0 Å². The van der Waals surface area contributed by atoms with Crippen molar-refractivity contribution in [3.8, 4) is 0 Å². The molecule has 1 fully saturated rings. The van der Waals surface area contributed by atoms with Crippen molar-refractivity contribution in [1.29, 1.82) is 0 Å². The monoisotopic (exact) mass is 153 g/mol. The van der Waals surface area contributed by atoms with Crippen LogP contribution in [0.25, 0.3) is 0 Å². The van der Waals surface area contributed by atoms with E-state index >= 15 is 0 Å². The lowest BCUT2D eigenvalue weighted by molar-refractivity contribution is 0.286. The van der Waals surface area contributed by atoms with Crippen molar-refractivity contribution in [2.45, 2.75) is 25.7 Å². The van der Waals surface area contributed by atoms with E-state index in [4.69, 9.17) is 4.74 Å². The lowest BCUT2D eigenvalue weighted by Crippen LogP contribution is -2.23. The summed E-state index contributed by atoms with van der Waals surface area (Å²) in [5.41, 5.74) is 0. The molecule has 0 unspecified atom stereocenters. The van der Waals surface area contributed by atoms with Crippen LogP contribution in [0.1, 0.15) is 25.7 Å². The minimum atomic E-state index is 0.675. The zero-order valence-corrected chi connectivity index (χ0v) is 7.05. The zero-order chi connectivity index (χ0) is 7.68. The van der Waals surface area contributed by atoms with Gasteiger partial charge in [-0.2, -0.15) is 0 Å². The van der Waals surface area contributed by atoms with E-state index in [9.17, 15) is 0 Å². The van der Waals surface area contributed by atoms with Crippen molar-refractivity contribution >= 4 is 5.90 Å². The SMILES string of the molecule is COC1=NC[C@H]2CCCC[C@H]12. The average molecular weight is 153 g/mol. The fraction of sp³-hybridized carbons (Fsp3) is 0.889. The van der Waals surface area contributed by atoms with Gasteiger partial charge in [0.1, 0.15) is 0 Å². The number of fused-ring (bicyclic) bond motifs is 1. The van der Waals surface area contributed by atoms with Crippen molar-refractivity contribution in [2.24, 2.45) is 16.8 Å². The highest BCUT2D eigenvalue weighted by Crippen LogP contribution is 2.35. The molecule has 62 valence electrons. The first-order chi connectivity index (χ1) is 5.42. The standard InChI is InChI=1S/C9H15NO/c1-11-9-8-5-3-2-4-7(8)6-10-9/h7-8H,2-6H2,1H3/t7-,8+/m1/s1. The number of hydrogen-bond donors (Lipinski definition) is 0. The summed E-state index contributed by atoms with van der Waals surface area (Å²) in [5, 5.41) is 0. The Morgan fingerprint density at radius 1 is 1.36 bits per heavy atom. The van der Waals surface area contributed by atoms with Gasteiger partial charge in [-0.3, -0.25) is 4.99 Å². The van der Waals surface area contributed by atoms with E-state index in [1.807, 2.05) is 0 Å². The van der Waals surface area contributed by atoms with Gasteiger partial charge in [-0.25, -0.2) is 0 Å². The molecule has 0 saturated heterocycles. The number of aliphatic imine (C=N–C) groups is 1. The van der Waals surface area contributed by atoms with Gasteiger partial charge in [-0.1, -0.05) is 12.8 Å². The lowest BCUT2D eigenvalue weighted by Gasteiger charge is -2.24. The molecule has 0 aromatic carbocycles. The molecule has 11 heavy (non-hydrogen) atoms. The number of methoxy groups -OCH3 is 1. The molecular formula is C9H15NO. The lowest BCUT2D eigenvalue weighted by atomic mass is 9.81. The van der Waals surface area contributed by atoms with E-state index in [0.717, 1.165) is 18.4 Å². The molecule has 1 heterocycles. The predicted octanol–water partition coefficient (Wildman–Crippen LogP) is 1.85. The molecule has 0 N–H and O–H groups in total. The second-order valence-electron chi connectivity index (χ2n) is 3.53. The van der Waals surface area contributed by atoms with Crippen LogP contribution in [0.2, 0.25) is 0 Å². The fourth-order valence-corrected chi connectivity index (χ4v) is 2.29. The largest absolute Gasteiger partial charge is 0.484 e. The van der Waals surface area contributed by atoms with Crippen LogP contribution in [0, 0.1) is 11.8 Å². The molecule has 0 aromatic rings. The first-order valence-corrected chi connectivity index (χ1v) is 4.50. The maximum absolute atomic E-state index is 5.23. The molecule has 0 bridgehead atoms. The first kappa shape index (κ1) is 7.14. The van der Waals surface area contributed by atoms with Crippen LogP contribution >= 0.6 is 0 Å². The van der Waals surface area contributed by atoms with Gasteiger partial charge >= 0.3 is 0 Å². The van der Waals surface area contributed by atoms with Crippen LogP contribution in [-0.2, 0) is 4.74 Å². The molecule has 2 atom stereocenters. The van der Waals surface area contributed by atoms with Crippen molar-refractivity contribution in [2.75, 3.05) is 13.7 Å². The Hall–Kier alpha value is -0.530. The van der Waals surface area contributed by atoms with Gasteiger partial charge in [-0.05, 0) is 18.8 Å². The Morgan fingerprint density at radius 2 is 2.18 bits per heavy atom. The van der Waals surface area contributed by atoms with Gasteiger partial charge in [0.2, 0.25) is 0 Å². The van der Waals surface area contributed by atoms with Crippen LogP contribution in [-0.4, -0.2) is 19.6 Å². The molecule has 2 aliphatic rings. The zero-order valence-electron chi connectivity index (χ0n) is 7.05. The molecule has 2 heteroatoms. The highest BCUT2D eigenvalue weighted by atomic mass is 16.5. The molecule has 1 aliphatic heterocycles. The first-order valence-electron chi connectivity index (χ1n) is 4.50. The summed E-state index contributed by atoms with van der Waals surface area (Å²) in [6, 6.07) is 0. The van der Waals surface area contributed by atoms with Crippen LogP contribution in [0.4, 0.5) is 0 Å². The number of hydrogen-bond acceptors (Lipinski definition) is 2. The molecule has 0 amide bonds. The van der Waals surface area contributed by atoms with Gasteiger partial charge in [0.05, 0.1) is 7.11 Å². The summed E-state index contributed by atoms with van der Waals surface area (Å²) >= 11 is 0. The summed E-state index contributed by atoms with van der Waals surface area (Å²) < 4.78 is 5.23. The second kappa shape index (κ2) is 2.84. The van der Waals surface area contributed by atoms with E-state index in [-0.39, 0.29) is 0 Å².